The van der Waals surface area contributed by atoms with Crippen LogP contribution >= 0.6 is 0 Å². The maximum atomic E-state index is 9.17. The molecule has 94 valence electrons. The van der Waals surface area contributed by atoms with Crippen molar-refractivity contribution < 1.29 is 5.11 Å². The van der Waals surface area contributed by atoms with Crippen molar-refractivity contribution in [2.24, 2.45) is 5.92 Å². The maximum Gasteiger partial charge on any atom is 0.133 e. The Balaban J connectivity index is 1.80. The van der Waals surface area contributed by atoms with Gasteiger partial charge in [0.1, 0.15) is 5.75 Å². The molecule has 4 nitrogen and oxygen atoms in total. The van der Waals surface area contributed by atoms with Gasteiger partial charge in [-0.15, -0.1) is 0 Å². The molecule has 1 atom stereocenters. The highest BCUT2D eigenvalue weighted by molar-refractivity contribution is 5.17. The van der Waals surface area contributed by atoms with Crippen molar-refractivity contribution in [3.63, 3.8) is 0 Å². The van der Waals surface area contributed by atoms with Gasteiger partial charge in [-0.25, -0.2) is 0 Å². The smallest absolute Gasteiger partial charge is 0.133 e. The summed E-state index contributed by atoms with van der Waals surface area (Å²) < 4.78 is 0. The van der Waals surface area contributed by atoms with Gasteiger partial charge >= 0.3 is 0 Å². The lowest BCUT2D eigenvalue weighted by atomic mass is 10.1. The number of aromatic hydroxyl groups is 1. The fourth-order valence-electron chi connectivity index (χ4n) is 2.47. The van der Waals surface area contributed by atoms with Gasteiger partial charge in [-0.1, -0.05) is 0 Å². The van der Waals surface area contributed by atoms with Crippen molar-refractivity contribution in [2.75, 3.05) is 33.7 Å². The van der Waals surface area contributed by atoms with E-state index in [4.69, 9.17) is 5.11 Å². The zero-order chi connectivity index (χ0) is 12.3. The minimum Gasteiger partial charge on any atom is -0.506 e. The third kappa shape index (κ3) is 3.68. The van der Waals surface area contributed by atoms with Gasteiger partial charge in [-0.3, -0.25) is 4.98 Å². The second kappa shape index (κ2) is 5.47. The number of pyridine rings is 1. The summed E-state index contributed by atoms with van der Waals surface area (Å²) >= 11 is 0. The minimum absolute atomic E-state index is 0.230. The van der Waals surface area contributed by atoms with Gasteiger partial charge in [0.2, 0.25) is 0 Å². The number of rotatable bonds is 4. The maximum absolute atomic E-state index is 9.17. The molecule has 1 unspecified atom stereocenters. The van der Waals surface area contributed by atoms with Crippen molar-refractivity contribution in [2.45, 2.75) is 13.0 Å². The third-order valence-corrected chi connectivity index (χ3v) is 3.30. The third-order valence-electron chi connectivity index (χ3n) is 3.30. The van der Waals surface area contributed by atoms with Crippen LogP contribution in [-0.4, -0.2) is 53.6 Å². The van der Waals surface area contributed by atoms with E-state index in [1.807, 2.05) is 6.07 Å². The number of hydrogen-bond donors (Lipinski definition) is 1. The summed E-state index contributed by atoms with van der Waals surface area (Å²) in [5.41, 5.74) is 1.01. The lowest BCUT2D eigenvalue weighted by Gasteiger charge is -2.20. The van der Waals surface area contributed by atoms with Gasteiger partial charge in [0, 0.05) is 19.6 Å². The summed E-state index contributed by atoms with van der Waals surface area (Å²) in [5.74, 6) is 1.01. The molecule has 17 heavy (non-hydrogen) atoms. The van der Waals surface area contributed by atoms with Crippen LogP contribution in [0.5, 0.6) is 5.75 Å². The van der Waals surface area contributed by atoms with E-state index in [9.17, 15) is 0 Å². The summed E-state index contributed by atoms with van der Waals surface area (Å²) in [5, 5.41) is 9.17. The first kappa shape index (κ1) is 12.3. The van der Waals surface area contributed by atoms with Crippen molar-refractivity contribution in [1.82, 2.24) is 14.8 Å². The Morgan fingerprint density at radius 3 is 2.94 bits per heavy atom. The second-order valence-corrected chi connectivity index (χ2v) is 5.12. The van der Waals surface area contributed by atoms with Crippen LogP contribution in [0.15, 0.2) is 18.3 Å². The molecule has 1 aliphatic rings. The monoisotopic (exact) mass is 235 g/mol. The molecule has 1 aliphatic heterocycles. The van der Waals surface area contributed by atoms with Gasteiger partial charge in [-0.05, 0) is 45.1 Å². The molecule has 1 aromatic heterocycles. The van der Waals surface area contributed by atoms with Crippen molar-refractivity contribution in [3.05, 3.63) is 24.0 Å². The number of likely N-dealkylation sites (tertiary alicyclic amines) is 1. The Kier molecular flexibility index (Phi) is 3.97. The van der Waals surface area contributed by atoms with Crippen molar-refractivity contribution in [1.29, 1.82) is 0 Å². The molecule has 2 heterocycles. The summed E-state index contributed by atoms with van der Waals surface area (Å²) in [7, 11) is 4.31. The van der Waals surface area contributed by atoms with Gasteiger partial charge < -0.3 is 14.9 Å². The first-order chi connectivity index (χ1) is 8.13. The van der Waals surface area contributed by atoms with E-state index in [-0.39, 0.29) is 5.75 Å². The predicted molar refractivity (Wildman–Crippen MR) is 67.8 cm³/mol. The molecule has 0 spiro atoms. The number of hydrogen-bond acceptors (Lipinski definition) is 4. The summed E-state index contributed by atoms with van der Waals surface area (Å²) in [4.78, 5) is 8.90. The SMILES string of the molecule is CN1CCC(CN(C)Cc2ccc(O)cn2)C1. The highest BCUT2D eigenvalue weighted by Crippen LogP contribution is 2.16. The molecule has 0 aromatic carbocycles. The fourth-order valence-corrected chi connectivity index (χ4v) is 2.47. The van der Waals surface area contributed by atoms with Gasteiger partial charge in [0.25, 0.3) is 0 Å². The lowest BCUT2D eigenvalue weighted by Crippen LogP contribution is -2.27. The standard InChI is InChI=1S/C13H21N3O/c1-15-6-5-11(8-15)9-16(2)10-12-3-4-13(17)7-14-12/h3-4,7,11,17H,5-6,8-10H2,1-2H3. The van der Waals surface area contributed by atoms with Crippen molar-refractivity contribution in [3.8, 4) is 5.75 Å². The van der Waals surface area contributed by atoms with E-state index in [1.165, 1.54) is 25.7 Å². The van der Waals surface area contributed by atoms with E-state index in [0.29, 0.717) is 0 Å². The van der Waals surface area contributed by atoms with Crippen LogP contribution in [0, 0.1) is 5.92 Å². The summed E-state index contributed by atoms with van der Waals surface area (Å²) in [6.45, 7) is 4.39. The summed E-state index contributed by atoms with van der Waals surface area (Å²) in [6.07, 6.45) is 2.80. The molecule has 0 aliphatic carbocycles. The van der Waals surface area contributed by atoms with E-state index in [0.717, 1.165) is 24.7 Å². The Hall–Kier alpha value is -1.13. The average molecular weight is 235 g/mol. The highest BCUT2D eigenvalue weighted by Gasteiger charge is 2.20. The molecule has 2 rings (SSSR count). The molecule has 4 heteroatoms. The first-order valence-electron chi connectivity index (χ1n) is 6.14. The Morgan fingerprint density at radius 2 is 2.35 bits per heavy atom. The van der Waals surface area contributed by atoms with Crippen LogP contribution in [-0.2, 0) is 6.54 Å². The van der Waals surface area contributed by atoms with E-state index in [1.54, 1.807) is 6.07 Å². The topological polar surface area (TPSA) is 39.6 Å². The highest BCUT2D eigenvalue weighted by atomic mass is 16.3. The molecule has 0 saturated carbocycles. The van der Waals surface area contributed by atoms with Gasteiger partial charge in [0.05, 0.1) is 11.9 Å². The molecule has 0 radical (unpaired) electrons. The average Bonchev–Trinajstić information content (AvgIpc) is 2.67. The molecular weight excluding hydrogens is 214 g/mol. The molecule has 1 fully saturated rings. The number of aromatic nitrogens is 1. The lowest BCUT2D eigenvalue weighted by molar-refractivity contribution is 0.264. The van der Waals surface area contributed by atoms with Crippen LogP contribution in [0.3, 0.4) is 0 Å². The first-order valence-corrected chi connectivity index (χ1v) is 6.14. The Morgan fingerprint density at radius 1 is 1.53 bits per heavy atom. The van der Waals surface area contributed by atoms with E-state index < -0.39 is 0 Å². The van der Waals surface area contributed by atoms with Gasteiger partial charge in [-0.2, -0.15) is 0 Å². The largest absolute Gasteiger partial charge is 0.506 e. The molecule has 1 aromatic rings. The van der Waals surface area contributed by atoms with Crippen LogP contribution in [0.1, 0.15) is 12.1 Å². The van der Waals surface area contributed by atoms with Crippen molar-refractivity contribution >= 4 is 0 Å². The molecule has 0 amide bonds. The summed E-state index contributed by atoms with van der Waals surface area (Å²) in [6, 6.07) is 3.58. The minimum atomic E-state index is 0.230. The normalized spacial score (nSPS) is 21.2. The van der Waals surface area contributed by atoms with Gasteiger partial charge in [0.15, 0.2) is 0 Å². The Labute approximate surface area is 103 Å². The molecule has 1 saturated heterocycles. The fraction of sp³-hybridized carbons (Fsp3) is 0.615. The second-order valence-electron chi connectivity index (χ2n) is 5.12. The zero-order valence-corrected chi connectivity index (χ0v) is 10.6. The quantitative estimate of drug-likeness (QED) is 0.850. The van der Waals surface area contributed by atoms with Crippen LogP contribution < -0.4 is 0 Å². The zero-order valence-electron chi connectivity index (χ0n) is 10.6. The molecule has 0 bridgehead atoms. The molecular formula is C13H21N3O. The van der Waals surface area contributed by atoms with Crippen LogP contribution in [0.2, 0.25) is 0 Å². The van der Waals surface area contributed by atoms with E-state index >= 15 is 0 Å². The van der Waals surface area contributed by atoms with E-state index in [2.05, 4.69) is 28.9 Å². The number of nitrogens with zero attached hydrogens (tertiary/aromatic N) is 3. The Bertz CT molecular complexity index is 352. The van der Waals surface area contributed by atoms with Crippen LogP contribution in [0.4, 0.5) is 0 Å². The van der Waals surface area contributed by atoms with Crippen LogP contribution in [0.25, 0.3) is 0 Å². The molecule has 1 N–H and O–H groups in total. The predicted octanol–water partition coefficient (Wildman–Crippen LogP) is 1.17.